The second-order valence-corrected chi connectivity index (χ2v) is 9.92. The molecule has 0 spiro atoms. The number of benzene rings is 3. The minimum Gasteiger partial charge on any atom is -0.508 e. The van der Waals surface area contributed by atoms with Crippen LogP contribution in [0.5, 0.6) is 5.75 Å². The van der Waals surface area contributed by atoms with Gasteiger partial charge in [-0.1, -0.05) is 48.0 Å². The van der Waals surface area contributed by atoms with E-state index in [2.05, 4.69) is 10.3 Å². The van der Waals surface area contributed by atoms with Gasteiger partial charge in [-0.05, 0) is 42.0 Å². The van der Waals surface area contributed by atoms with Crippen molar-refractivity contribution in [3.8, 4) is 5.75 Å². The Kier molecular flexibility index (Phi) is 5.33. The summed E-state index contributed by atoms with van der Waals surface area (Å²) in [6.45, 7) is 0. The number of carbonyl (C=O) groups is 3. The lowest BCUT2D eigenvalue weighted by atomic mass is 9.76. The number of H-pyrrole nitrogens is 1. The maximum atomic E-state index is 14.0. The molecule has 0 radical (unpaired) electrons. The zero-order chi connectivity index (χ0) is 25.9. The number of nitrogens with zero attached hydrogens (tertiary/aromatic N) is 1. The number of aromatic amines is 1. The van der Waals surface area contributed by atoms with Crippen molar-refractivity contribution in [1.29, 1.82) is 0 Å². The van der Waals surface area contributed by atoms with Gasteiger partial charge in [0.1, 0.15) is 11.3 Å². The Morgan fingerprint density at radius 2 is 1.68 bits per heavy atom. The molecule has 6 rings (SSSR count). The highest BCUT2D eigenvalue weighted by molar-refractivity contribution is 6.31. The normalized spacial score (nSPS) is 25.1. The molecule has 4 aromatic rings. The molecule has 2 fully saturated rings. The van der Waals surface area contributed by atoms with Crippen molar-refractivity contribution in [2.75, 3.05) is 4.90 Å². The molecule has 2 saturated heterocycles. The zero-order valence-corrected chi connectivity index (χ0v) is 20.1. The first-order valence-corrected chi connectivity index (χ1v) is 12.2. The van der Waals surface area contributed by atoms with E-state index in [4.69, 9.17) is 11.6 Å². The number of halogens is 1. The number of amides is 2. The Balaban J connectivity index is 1.52. The SMILES string of the molecule is O=C1[C@H]2[C@@H](c3ccccc3O)N[C@](Cc3c[nH]c4ccccc34)(C(=O)O)[C@H]2C(=O)N1c1ccc(Cl)cc1. The molecule has 4 N–H and O–H groups in total. The number of aromatic nitrogens is 1. The van der Waals surface area contributed by atoms with Crippen LogP contribution < -0.4 is 10.2 Å². The van der Waals surface area contributed by atoms with Gasteiger partial charge in [0.15, 0.2) is 0 Å². The maximum absolute atomic E-state index is 14.0. The van der Waals surface area contributed by atoms with Gasteiger partial charge in [-0.15, -0.1) is 0 Å². The average Bonchev–Trinajstić information content (AvgIpc) is 3.53. The molecule has 2 aliphatic rings. The van der Waals surface area contributed by atoms with E-state index in [1.165, 1.54) is 6.07 Å². The summed E-state index contributed by atoms with van der Waals surface area (Å²) >= 11 is 6.01. The van der Waals surface area contributed by atoms with Gasteiger partial charge in [0, 0.05) is 40.1 Å². The predicted octanol–water partition coefficient (Wildman–Crippen LogP) is 4.04. The van der Waals surface area contributed by atoms with E-state index >= 15 is 0 Å². The lowest BCUT2D eigenvalue weighted by molar-refractivity contribution is -0.148. The molecule has 0 unspecified atom stereocenters. The quantitative estimate of drug-likeness (QED) is 0.297. The number of hydrogen-bond acceptors (Lipinski definition) is 5. The number of nitrogens with one attached hydrogen (secondary N) is 2. The van der Waals surface area contributed by atoms with Crippen LogP contribution in [0.3, 0.4) is 0 Å². The van der Waals surface area contributed by atoms with Crippen LogP contribution in [0.2, 0.25) is 5.02 Å². The number of carbonyl (C=O) groups excluding carboxylic acids is 2. The van der Waals surface area contributed by atoms with Gasteiger partial charge in [0.2, 0.25) is 11.8 Å². The molecule has 3 heterocycles. The molecule has 2 aliphatic heterocycles. The highest BCUT2D eigenvalue weighted by Gasteiger charge is 2.69. The largest absolute Gasteiger partial charge is 0.508 e. The van der Waals surface area contributed by atoms with Gasteiger partial charge in [-0.2, -0.15) is 0 Å². The van der Waals surface area contributed by atoms with Gasteiger partial charge in [0.25, 0.3) is 0 Å². The second kappa shape index (κ2) is 8.47. The Bertz CT molecular complexity index is 1570. The van der Waals surface area contributed by atoms with Crippen LogP contribution in [-0.2, 0) is 20.8 Å². The van der Waals surface area contributed by atoms with Crippen molar-refractivity contribution >= 4 is 46.0 Å². The summed E-state index contributed by atoms with van der Waals surface area (Å²) in [5, 5.41) is 25.7. The van der Waals surface area contributed by atoms with Crippen molar-refractivity contribution in [3.63, 3.8) is 0 Å². The Morgan fingerprint density at radius 1 is 0.973 bits per heavy atom. The number of aromatic hydroxyl groups is 1. The number of carboxylic acid groups (broad SMARTS) is 1. The molecule has 3 aromatic carbocycles. The van der Waals surface area contributed by atoms with Crippen LogP contribution in [-0.4, -0.2) is 38.5 Å². The van der Waals surface area contributed by atoms with Crippen LogP contribution in [0.25, 0.3) is 10.9 Å². The number of anilines is 1. The third kappa shape index (κ3) is 3.44. The molecule has 0 aliphatic carbocycles. The summed E-state index contributed by atoms with van der Waals surface area (Å²) < 4.78 is 0. The second-order valence-electron chi connectivity index (χ2n) is 9.49. The molecule has 8 nitrogen and oxygen atoms in total. The minimum absolute atomic E-state index is 0.0505. The number of para-hydroxylation sites is 2. The number of rotatable bonds is 5. The van der Waals surface area contributed by atoms with Gasteiger partial charge in [0.05, 0.1) is 17.5 Å². The summed E-state index contributed by atoms with van der Waals surface area (Å²) in [5.74, 6) is -4.73. The van der Waals surface area contributed by atoms with E-state index < -0.39 is 41.2 Å². The third-order valence-electron chi connectivity index (χ3n) is 7.54. The van der Waals surface area contributed by atoms with Crippen molar-refractivity contribution in [2.24, 2.45) is 11.8 Å². The van der Waals surface area contributed by atoms with E-state index in [0.717, 1.165) is 15.8 Å². The maximum Gasteiger partial charge on any atom is 0.325 e. The molecule has 186 valence electrons. The number of fused-ring (bicyclic) bond motifs is 2. The number of phenolic OH excluding ortho intramolecular Hbond substituents is 1. The number of aliphatic carboxylic acids is 1. The van der Waals surface area contributed by atoms with Crippen LogP contribution in [0.4, 0.5) is 5.69 Å². The Hall–Kier alpha value is -4.14. The fourth-order valence-electron chi connectivity index (χ4n) is 5.88. The number of imide groups is 1. The lowest BCUT2D eigenvalue weighted by Gasteiger charge is -2.31. The molecule has 37 heavy (non-hydrogen) atoms. The number of hydrogen-bond donors (Lipinski definition) is 4. The lowest BCUT2D eigenvalue weighted by Crippen LogP contribution is -2.57. The topological polar surface area (TPSA) is 123 Å². The molecule has 0 saturated carbocycles. The molecule has 1 aromatic heterocycles. The van der Waals surface area contributed by atoms with E-state index in [0.29, 0.717) is 21.8 Å². The van der Waals surface area contributed by atoms with Crippen LogP contribution in [0, 0.1) is 11.8 Å². The molecule has 2 amide bonds. The summed E-state index contributed by atoms with van der Waals surface area (Å²) in [6.07, 6.45) is 1.68. The van der Waals surface area contributed by atoms with Crippen molar-refractivity contribution in [1.82, 2.24) is 10.3 Å². The molecular formula is C28H22ClN3O5. The summed E-state index contributed by atoms with van der Waals surface area (Å²) in [7, 11) is 0. The molecule has 4 atom stereocenters. The van der Waals surface area contributed by atoms with Crippen LogP contribution in [0.15, 0.2) is 79.0 Å². The van der Waals surface area contributed by atoms with Crippen LogP contribution >= 0.6 is 11.6 Å². The van der Waals surface area contributed by atoms with Gasteiger partial charge in [-0.3, -0.25) is 19.7 Å². The fourth-order valence-corrected chi connectivity index (χ4v) is 6.00. The standard InChI is InChI=1S/C28H22ClN3O5/c29-16-9-11-17(12-10-16)32-25(34)22-23(26(32)35)28(27(36)37,31-24(22)19-6-2-4-8-21(19)33)13-15-14-30-20-7-3-1-5-18(15)20/h1-12,14,22-24,30-31,33H,13H2,(H,36,37)/t22-,23-,24-,28+/m1/s1. The van der Waals surface area contributed by atoms with Crippen molar-refractivity contribution in [2.45, 2.75) is 18.0 Å². The predicted molar refractivity (Wildman–Crippen MR) is 137 cm³/mol. The highest BCUT2D eigenvalue weighted by atomic mass is 35.5. The first-order valence-electron chi connectivity index (χ1n) is 11.8. The summed E-state index contributed by atoms with van der Waals surface area (Å²) in [6, 6.07) is 19.3. The smallest absolute Gasteiger partial charge is 0.325 e. The Labute approximate surface area is 216 Å². The fraction of sp³-hybridized carbons (Fsp3) is 0.179. The van der Waals surface area contributed by atoms with E-state index in [1.54, 1.807) is 48.7 Å². The van der Waals surface area contributed by atoms with Gasteiger partial charge >= 0.3 is 5.97 Å². The van der Waals surface area contributed by atoms with Gasteiger partial charge < -0.3 is 15.2 Å². The monoisotopic (exact) mass is 515 g/mol. The Morgan fingerprint density at radius 3 is 2.41 bits per heavy atom. The van der Waals surface area contributed by atoms with Crippen LogP contribution in [0.1, 0.15) is 17.2 Å². The van der Waals surface area contributed by atoms with E-state index in [9.17, 15) is 24.6 Å². The summed E-state index contributed by atoms with van der Waals surface area (Å²) in [4.78, 5) is 45.1. The summed E-state index contributed by atoms with van der Waals surface area (Å²) in [5.41, 5.74) is 0.403. The average molecular weight is 516 g/mol. The first kappa shape index (κ1) is 23.3. The molecular weight excluding hydrogens is 494 g/mol. The van der Waals surface area contributed by atoms with E-state index in [-0.39, 0.29) is 12.2 Å². The molecule has 9 heteroatoms. The van der Waals surface area contributed by atoms with Crippen molar-refractivity contribution < 1.29 is 24.6 Å². The molecule has 0 bridgehead atoms. The zero-order valence-electron chi connectivity index (χ0n) is 19.4. The van der Waals surface area contributed by atoms with Gasteiger partial charge in [-0.25, -0.2) is 4.90 Å². The number of carboxylic acids is 1. The van der Waals surface area contributed by atoms with E-state index in [1.807, 2.05) is 24.3 Å². The van der Waals surface area contributed by atoms with Crippen molar-refractivity contribution in [3.05, 3.63) is 95.1 Å². The highest BCUT2D eigenvalue weighted by Crippen LogP contribution is 2.52. The minimum atomic E-state index is -1.81. The first-order chi connectivity index (χ1) is 17.8. The third-order valence-corrected chi connectivity index (χ3v) is 7.79. The number of phenols is 1.